The molecule has 0 spiro atoms. The van der Waals surface area contributed by atoms with Crippen LogP contribution in [0.5, 0.6) is 5.75 Å². The van der Waals surface area contributed by atoms with Crippen LogP contribution in [0.4, 0.5) is 0 Å². The number of nitrogens with one attached hydrogen (secondary N) is 1. The molecule has 0 radical (unpaired) electrons. The first-order valence-electron chi connectivity index (χ1n) is 8.22. The molecule has 1 aromatic heterocycles. The van der Waals surface area contributed by atoms with Gasteiger partial charge in [0.2, 0.25) is 0 Å². The number of aromatic nitrogens is 2. The van der Waals surface area contributed by atoms with E-state index < -0.39 is 0 Å². The first-order chi connectivity index (χ1) is 11.6. The maximum absolute atomic E-state index is 12.2. The summed E-state index contributed by atoms with van der Waals surface area (Å²) in [5.74, 6) is 0.703. The second kappa shape index (κ2) is 8.91. The molecule has 5 nitrogen and oxygen atoms in total. The van der Waals surface area contributed by atoms with Gasteiger partial charge < -0.3 is 10.1 Å². The number of nitrogens with zero attached hydrogens (tertiary/aromatic N) is 2. The summed E-state index contributed by atoms with van der Waals surface area (Å²) >= 11 is 0. The third kappa shape index (κ3) is 5.26. The molecule has 2 rings (SSSR count). The predicted molar refractivity (Wildman–Crippen MR) is 95.1 cm³/mol. The van der Waals surface area contributed by atoms with Crippen molar-refractivity contribution in [3.63, 3.8) is 0 Å². The molecule has 0 aliphatic carbocycles. The highest BCUT2D eigenvalue weighted by Crippen LogP contribution is 2.14. The molecule has 0 aliphatic heterocycles. The number of unbranched alkanes of at least 4 members (excludes halogenated alkanes) is 1. The summed E-state index contributed by atoms with van der Waals surface area (Å²) in [7, 11) is 1.77. The summed E-state index contributed by atoms with van der Waals surface area (Å²) in [6.07, 6.45) is 6.20. The average molecular weight is 327 g/mol. The maximum atomic E-state index is 12.2. The van der Waals surface area contributed by atoms with E-state index in [4.69, 9.17) is 4.74 Å². The molecule has 0 fully saturated rings. The van der Waals surface area contributed by atoms with E-state index in [0.29, 0.717) is 18.8 Å². The van der Waals surface area contributed by atoms with Crippen LogP contribution in [0.2, 0.25) is 0 Å². The molecule has 0 atom stereocenters. The number of aryl methyl sites for hydroxylation is 2. The van der Waals surface area contributed by atoms with Gasteiger partial charge in [-0.25, -0.2) is 0 Å². The smallest absolute Gasteiger partial charge is 0.269 e. The van der Waals surface area contributed by atoms with E-state index in [1.165, 1.54) is 0 Å². The van der Waals surface area contributed by atoms with Gasteiger partial charge in [0.1, 0.15) is 11.4 Å². The summed E-state index contributed by atoms with van der Waals surface area (Å²) < 4.78 is 7.34. The summed E-state index contributed by atoms with van der Waals surface area (Å²) in [6.45, 7) is 5.03. The molecule has 128 valence electrons. The number of hydrogen-bond donors (Lipinski definition) is 1. The fourth-order valence-corrected chi connectivity index (χ4v) is 2.40. The van der Waals surface area contributed by atoms with E-state index in [1.54, 1.807) is 17.8 Å². The topological polar surface area (TPSA) is 56.1 Å². The third-order valence-electron chi connectivity index (χ3n) is 3.61. The van der Waals surface area contributed by atoms with Crippen molar-refractivity contribution in [2.75, 3.05) is 6.61 Å². The standard InChI is InChI=1S/C19H25N3O2/c1-4-5-6-7-11-24-17-10-8-9-16(13-17)14-20-19(23)18-12-15(2)21-22(18)3/h4-5,8-10,12-13H,6-7,11,14H2,1-3H3,(H,20,23). The lowest BCUT2D eigenvalue weighted by atomic mass is 10.2. The Balaban J connectivity index is 1.85. The zero-order chi connectivity index (χ0) is 17.4. The number of benzene rings is 1. The van der Waals surface area contributed by atoms with Crippen LogP contribution in [0.15, 0.2) is 42.5 Å². The molecule has 1 heterocycles. The van der Waals surface area contributed by atoms with E-state index in [1.807, 2.05) is 44.2 Å². The zero-order valence-electron chi connectivity index (χ0n) is 14.6. The molecular weight excluding hydrogens is 302 g/mol. The van der Waals surface area contributed by atoms with Gasteiger partial charge in [0.25, 0.3) is 5.91 Å². The number of carbonyl (C=O) groups excluding carboxylic acids is 1. The van der Waals surface area contributed by atoms with Gasteiger partial charge in [0.15, 0.2) is 0 Å². The largest absolute Gasteiger partial charge is 0.494 e. The SMILES string of the molecule is CC=CCCCOc1cccc(CNC(=O)c2cc(C)nn2C)c1. The van der Waals surface area contributed by atoms with Crippen molar-refractivity contribution >= 4 is 5.91 Å². The van der Waals surface area contributed by atoms with Gasteiger partial charge in [-0.1, -0.05) is 24.3 Å². The molecule has 0 aliphatic rings. The highest BCUT2D eigenvalue weighted by molar-refractivity contribution is 5.92. The van der Waals surface area contributed by atoms with Gasteiger partial charge in [-0.2, -0.15) is 5.10 Å². The highest BCUT2D eigenvalue weighted by Gasteiger charge is 2.11. The van der Waals surface area contributed by atoms with E-state index in [9.17, 15) is 4.79 Å². The minimum atomic E-state index is -0.129. The van der Waals surface area contributed by atoms with Crippen LogP contribution >= 0.6 is 0 Å². The minimum absolute atomic E-state index is 0.129. The van der Waals surface area contributed by atoms with Gasteiger partial charge in [0.05, 0.1) is 12.3 Å². The number of rotatable bonds is 8. The number of amides is 1. The Morgan fingerprint density at radius 2 is 2.21 bits per heavy atom. The summed E-state index contributed by atoms with van der Waals surface area (Å²) in [4.78, 5) is 12.2. The average Bonchev–Trinajstić information content (AvgIpc) is 2.91. The van der Waals surface area contributed by atoms with Crippen LogP contribution in [0, 0.1) is 6.92 Å². The van der Waals surface area contributed by atoms with E-state index >= 15 is 0 Å². The Kier molecular flexibility index (Phi) is 6.61. The van der Waals surface area contributed by atoms with E-state index in [2.05, 4.69) is 16.5 Å². The molecule has 1 N–H and O–H groups in total. The summed E-state index contributed by atoms with van der Waals surface area (Å²) in [6, 6.07) is 9.59. The number of hydrogen-bond acceptors (Lipinski definition) is 3. The van der Waals surface area contributed by atoms with Crippen LogP contribution in [-0.4, -0.2) is 22.3 Å². The number of ether oxygens (including phenoxy) is 1. The van der Waals surface area contributed by atoms with Crippen molar-refractivity contribution in [1.29, 1.82) is 0 Å². The number of allylic oxidation sites excluding steroid dienone is 2. The zero-order valence-corrected chi connectivity index (χ0v) is 14.6. The van der Waals surface area contributed by atoms with Gasteiger partial charge >= 0.3 is 0 Å². The van der Waals surface area contributed by atoms with Gasteiger partial charge in [0, 0.05) is 13.6 Å². The Bertz CT molecular complexity index is 704. The van der Waals surface area contributed by atoms with Crippen LogP contribution in [0.1, 0.15) is 41.5 Å². The molecule has 0 saturated heterocycles. The van der Waals surface area contributed by atoms with Crippen molar-refractivity contribution in [2.24, 2.45) is 7.05 Å². The lowest BCUT2D eigenvalue weighted by Crippen LogP contribution is -2.25. The van der Waals surface area contributed by atoms with Gasteiger partial charge in [-0.3, -0.25) is 9.48 Å². The third-order valence-corrected chi connectivity index (χ3v) is 3.61. The van der Waals surface area contributed by atoms with Crippen LogP contribution in [0.25, 0.3) is 0 Å². The van der Waals surface area contributed by atoms with Gasteiger partial charge in [-0.05, 0) is 50.5 Å². The van der Waals surface area contributed by atoms with Crippen LogP contribution in [-0.2, 0) is 13.6 Å². The highest BCUT2D eigenvalue weighted by atomic mass is 16.5. The Morgan fingerprint density at radius 3 is 2.92 bits per heavy atom. The second-order valence-corrected chi connectivity index (χ2v) is 5.68. The molecule has 1 aromatic carbocycles. The normalized spacial score (nSPS) is 11.0. The fourth-order valence-electron chi connectivity index (χ4n) is 2.40. The molecular formula is C19H25N3O2. The van der Waals surface area contributed by atoms with Crippen LogP contribution in [0.3, 0.4) is 0 Å². The second-order valence-electron chi connectivity index (χ2n) is 5.68. The molecule has 24 heavy (non-hydrogen) atoms. The molecule has 0 bridgehead atoms. The van der Waals surface area contributed by atoms with Gasteiger partial charge in [-0.15, -0.1) is 0 Å². The van der Waals surface area contributed by atoms with Crippen molar-refractivity contribution in [1.82, 2.24) is 15.1 Å². The number of carbonyl (C=O) groups is 1. The van der Waals surface area contributed by atoms with Crippen LogP contribution < -0.4 is 10.1 Å². The first kappa shape index (κ1) is 17.8. The van der Waals surface area contributed by atoms with Crippen molar-refractivity contribution < 1.29 is 9.53 Å². The Labute approximate surface area is 143 Å². The molecule has 1 amide bonds. The monoisotopic (exact) mass is 327 g/mol. The summed E-state index contributed by atoms with van der Waals surface area (Å²) in [5, 5.41) is 7.10. The van der Waals surface area contributed by atoms with E-state index in [0.717, 1.165) is 29.8 Å². The predicted octanol–water partition coefficient (Wildman–Crippen LogP) is 3.39. The maximum Gasteiger partial charge on any atom is 0.269 e. The minimum Gasteiger partial charge on any atom is -0.494 e. The van der Waals surface area contributed by atoms with Crippen molar-refractivity contribution in [3.8, 4) is 5.75 Å². The van der Waals surface area contributed by atoms with E-state index in [-0.39, 0.29) is 5.91 Å². The summed E-state index contributed by atoms with van der Waals surface area (Å²) in [5.41, 5.74) is 2.40. The lowest BCUT2D eigenvalue weighted by Gasteiger charge is -2.09. The Morgan fingerprint density at radius 1 is 1.38 bits per heavy atom. The Hall–Kier alpha value is -2.56. The molecule has 0 unspecified atom stereocenters. The first-order valence-corrected chi connectivity index (χ1v) is 8.22. The fraction of sp³-hybridized carbons (Fsp3) is 0.368. The lowest BCUT2D eigenvalue weighted by molar-refractivity contribution is 0.0941. The molecule has 2 aromatic rings. The quantitative estimate of drug-likeness (QED) is 0.597. The molecule has 5 heteroatoms. The molecule has 0 saturated carbocycles. The van der Waals surface area contributed by atoms with Crippen molar-refractivity contribution in [2.45, 2.75) is 33.2 Å². The van der Waals surface area contributed by atoms with Crippen molar-refractivity contribution in [3.05, 3.63) is 59.4 Å².